The third kappa shape index (κ3) is 3.36. The van der Waals surface area contributed by atoms with Crippen molar-refractivity contribution in [3.8, 4) is 0 Å². The Balaban J connectivity index is 2.21. The van der Waals surface area contributed by atoms with E-state index in [1.165, 1.54) is 31.3 Å². The van der Waals surface area contributed by atoms with Crippen molar-refractivity contribution in [2.24, 2.45) is 7.05 Å². The van der Waals surface area contributed by atoms with Crippen LogP contribution >= 0.6 is 10.7 Å². The number of benzene rings is 1. The summed E-state index contributed by atoms with van der Waals surface area (Å²) in [5, 5.41) is 2.80. The molecule has 2 rings (SSSR count). The van der Waals surface area contributed by atoms with Crippen LogP contribution in [0.5, 0.6) is 0 Å². The summed E-state index contributed by atoms with van der Waals surface area (Å²) >= 11 is 0. The molecule has 0 spiro atoms. The molecule has 0 amide bonds. The quantitative estimate of drug-likeness (QED) is 0.874. The maximum atomic E-state index is 13.8. The molecule has 8 heteroatoms. The van der Waals surface area contributed by atoms with Crippen molar-refractivity contribution in [1.82, 2.24) is 4.57 Å². The SMILES string of the molecule is Cc1c(F)ccc(NCc2cc(S(=O)(=O)Cl)cn2C)c1F. The van der Waals surface area contributed by atoms with Crippen LogP contribution in [0.1, 0.15) is 11.3 Å². The van der Waals surface area contributed by atoms with Crippen molar-refractivity contribution in [3.63, 3.8) is 0 Å². The van der Waals surface area contributed by atoms with Gasteiger partial charge in [-0.25, -0.2) is 17.2 Å². The van der Waals surface area contributed by atoms with Gasteiger partial charge in [-0.15, -0.1) is 0 Å². The van der Waals surface area contributed by atoms with Gasteiger partial charge in [-0.05, 0) is 25.1 Å². The van der Waals surface area contributed by atoms with E-state index >= 15 is 0 Å². The summed E-state index contributed by atoms with van der Waals surface area (Å²) in [6.45, 7) is 1.52. The first-order chi connectivity index (χ1) is 9.70. The monoisotopic (exact) mass is 334 g/mol. The topological polar surface area (TPSA) is 51.1 Å². The predicted octanol–water partition coefficient (Wildman–Crippen LogP) is 3.15. The van der Waals surface area contributed by atoms with Crippen LogP contribution in [0.25, 0.3) is 0 Å². The smallest absolute Gasteiger partial charge is 0.262 e. The fourth-order valence-corrected chi connectivity index (χ4v) is 2.68. The fourth-order valence-electron chi connectivity index (χ4n) is 1.87. The Bertz CT molecular complexity index is 788. The van der Waals surface area contributed by atoms with E-state index in [1.54, 1.807) is 11.6 Å². The number of hydrogen-bond acceptors (Lipinski definition) is 3. The second-order valence-corrected chi connectivity index (χ2v) is 7.17. The minimum absolute atomic E-state index is 0.0285. The number of nitrogens with one attached hydrogen (secondary N) is 1. The lowest BCUT2D eigenvalue weighted by Crippen LogP contribution is -2.06. The molecule has 114 valence electrons. The average molecular weight is 335 g/mol. The van der Waals surface area contributed by atoms with Gasteiger partial charge < -0.3 is 9.88 Å². The molecule has 0 saturated heterocycles. The van der Waals surface area contributed by atoms with Crippen LogP contribution in [0.4, 0.5) is 14.5 Å². The highest BCUT2D eigenvalue weighted by molar-refractivity contribution is 8.13. The molecule has 0 aliphatic heterocycles. The number of nitrogens with zero attached hydrogens (tertiary/aromatic N) is 1. The van der Waals surface area contributed by atoms with E-state index in [0.29, 0.717) is 5.69 Å². The van der Waals surface area contributed by atoms with Crippen LogP contribution in [0.15, 0.2) is 29.3 Å². The average Bonchev–Trinajstić information content (AvgIpc) is 2.77. The van der Waals surface area contributed by atoms with Crippen LogP contribution in [0, 0.1) is 18.6 Å². The Morgan fingerprint density at radius 2 is 2.00 bits per heavy atom. The van der Waals surface area contributed by atoms with Gasteiger partial charge in [0.2, 0.25) is 0 Å². The van der Waals surface area contributed by atoms with Crippen LogP contribution < -0.4 is 5.32 Å². The first-order valence-corrected chi connectivity index (χ1v) is 8.29. The fraction of sp³-hybridized carbons (Fsp3) is 0.231. The standard InChI is InChI=1S/C13H13ClF2N2O2S/c1-8-11(15)3-4-12(13(8)16)17-6-9-5-10(7-18(9)2)21(14,19)20/h3-5,7,17H,6H2,1-2H3. The first-order valence-electron chi connectivity index (χ1n) is 5.98. The van der Waals surface area contributed by atoms with Crippen molar-refractivity contribution in [3.05, 3.63) is 47.3 Å². The molecule has 1 heterocycles. The zero-order chi connectivity index (χ0) is 15.8. The van der Waals surface area contributed by atoms with Crippen LogP contribution in [0.3, 0.4) is 0 Å². The molecule has 0 atom stereocenters. The number of halogens is 3. The second-order valence-electron chi connectivity index (χ2n) is 4.60. The summed E-state index contributed by atoms with van der Waals surface area (Å²) in [5.41, 5.74) is 0.664. The summed E-state index contributed by atoms with van der Waals surface area (Å²) in [4.78, 5) is -0.0285. The number of rotatable bonds is 4. The van der Waals surface area contributed by atoms with E-state index in [4.69, 9.17) is 10.7 Å². The molecule has 0 saturated carbocycles. The molecule has 1 N–H and O–H groups in total. The van der Waals surface area contributed by atoms with E-state index in [9.17, 15) is 17.2 Å². The molecule has 0 aliphatic rings. The molecule has 1 aromatic heterocycles. The zero-order valence-electron chi connectivity index (χ0n) is 11.3. The molecule has 0 radical (unpaired) electrons. The molecular weight excluding hydrogens is 322 g/mol. The third-order valence-electron chi connectivity index (χ3n) is 3.14. The molecule has 0 bridgehead atoms. The molecule has 0 fully saturated rings. The van der Waals surface area contributed by atoms with Gasteiger partial charge in [-0.3, -0.25) is 0 Å². The second kappa shape index (κ2) is 5.65. The Labute approximate surface area is 125 Å². The first kappa shape index (κ1) is 15.8. The van der Waals surface area contributed by atoms with Crippen molar-refractivity contribution in [2.45, 2.75) is 18.4 Å². The van der Waals surface area contributed by atoms with Gasteiger partial charge in [0.05, 0.1) is 12.2 Å². The van der Waals surface area contributed by atoms with Crippen LogP contribution in [-0.2, 0) is 22.6 Å². The van der Waals surface area contributed by atoms with Gasteiger partial charge in [0.1, 0.15) is 10.7 Å². The van der Waals surface area contributed by atoms with Gasteiger partial charge in [-0.1, -0.05) is 0 Å². The van der Waals surface area contributed by atoms with Crippen molar-refractivity contribution < 1.29 is 17.2 Å². The molecule has 2 aromatic rings. The summed E-state index contributed by atoms with van der Waals surface area (Å²) in [7, 11) is 3.10. The minimum Gasteiger partial charge on any atom is -0.377 e. The summed E-state index contributed by atoms with van der Waals surface area (Å²) in [5.74, 6) is -1.29. The Kier molecular flexibility index (Phi) is 4.25. The third-order valence-corrected chi connectivity index (χ3v) is 4.47. The van der Waals surface area contributed by atoms with E-state index in [-0.39, 0.29) is 22.7 Å². The highest BCUT2D eigenvalue weighted by atomic mass is 35.7. The predicted molar refractivity (Wildman–Crippen MR) is 76.9 cm³/mol. The van der Waals surface area contributed by atoms with E-state index < -0.39 is 20.7 Å². The summed E-state index contributed by atoms with van der Waals surface area (Å²) < 4.78 is 51.0. The molecule has 4 nitrogen and oxygen atoms in total. The van der Waals surface area contributed by atoms with E-state index in [0.717, 1.165) is 0 Å². The minimum atomic E-state index is -3.81. The largest absolute Gasteiger partial charge is 0.377 e. The number of anilines is 1. The van der Waals surface area contributed by atoms with Gasteiger partial charge in [0, 0.05) is 35.2 Å². The Morgan fingerprint density at radius 3 is 2.57 bits per heavy atom. The summed E-state index contributed by atoms with van der Waals surface area (Å²) in [6.07, 6.45) is 1.37. The number of aryl methyl sites for hydroxylation is 1. The maximum absolute atomic E-state index is 13.8. The number of hydrogen-bond donors (Lipinski definition) is 1. The molecule has 0 unspecified atom stereocenters. The van der Waals surface area contributed by atoms with Gasteiger partial charge >= 0.3 is 0 Å². The Hall–Kier alpha value is -1.60. The van der Waals surface area contributed by atoms with Gasteiger partial charge in [-0.2, -0.15) is 0 Å². The molecular formula is C13H13ClF2N2O2S. The molecule has 1 aromatic carbocycles. The maximum Gasteiger partial charge on any atom is 0.262 e. The lowest BCUT2D eigenvalue weighted by atomic mass is 10.2. The Morgan fingerprint density at radius 1 is 1.33 bits per heavy atom. The van der Waals surface area contributed by atoms with Crippen LogP contribution in [-0.4, -0.2) is 13.0 Å². The lowest BCUT2D eigenvalue weighted by Gasteiger charge is -2.10. The van der Waals surface area contributed by atoms with Gasteiger partial charge in [0.15, 0.2) is 5.82 Å². The van der Waals surface area contributed by atoms with Crippen LogP contribution in [0.2, 0.25) is 0 Å². The normalized spacial score (nSPS) is 11.7. The molecule has 0 aliphatic carbocycles. The molecule has 21 heavy (non-hydrogen) atoms. The van der Waals surface area contributed by atoms with E-state index in [1.807, 2.05) is 0 Å². The highest BCUT2D eigenvalue weighted by Gasteiger charge is 2.15. The zero-order valence-corrected chi connectivity index (χ0v) is 12.9. The van der Waals surface area contributed by atoms with Crippen molar-refractivity contribution >= 4 is 25.4 Å². The van der Waals surface area contributed by atoms with Crippen molar-refractivity contribution in [1.29, 1.82) is 0 Å². The van der Waals surface area contributed by atoms with Gasteiger partial charge in [0.25, 0.3) is 9.05 Å². The highest BCUT2D eigenvalue weighted by Crippen LogP contribution is 2.22. The lowest BCUT2D eigenvalue weighted by molar-refractivity contribution is 0.569. The van der Waals surface area contributed by atoms with E-state index in [2.05, 4.69) is 5.32 Å². The van der Waals surface area contributed by atoms with Crippen molar-refractivity contribution in [2.75, 3.05) is 5.32 Å². The summed E-state index contributed by atoms with van der Waals surface area (Å²) in [6, 6.07) is 3.85. The number of aromatic nitrogens is 1.